The van der Waals surface area contributed by atoms with Gasteiger partial charge >= 0.3 is 0 Å². The summed E-state index contributed by atoms with van der Waals surface area (Å²) in [6, 6.07) is 0. The lowest BCUT2D eigenvalue weighted by molar-refractivity contribution is 0.0683. The van der Waals surface area contributed by atoms with Gasteiger partial charge in [-0.05, 0) is 33.3 Å². The summed E-state index contributed by atoms with van der Waals surface area (Å²) in [6.07, 6.45) is 1.75. The fourth-order valence-corrected chi connectivity index (χ4v) is 2.79. The Labute approximate surface area is 148 Å². The van der Waals surface area contributed by atoms with Crippen LogP contribution in [0.4, 0.5) is 5.95 Å². The van der Waals surface area contributed by atoms with Crippen molar-refractivity contribution in [2.45, 2.75) is 40.3 Å². The van der Waals surface area contributed by atoms with Gasteiger partial charge in [0.05, 0.1) is 6.54 Å². The zero-order valence-corrected chi connectivity index (χ0v) is 15.4. The third-order valence-corrected chi connectivity index (χ3v) is 4.49. The highest BCUT2D eigenvalue weighted by Gasteiger charge is 2.22. The van der Waals surface area contributed by atoms with Crippen LogP contribution in [-0.2, 0) is 11.3 Å². The molecule has 8 heteroatoms. The second-order valence-corrected chi connectivity index (χ2v) is 6.35. The van der Waals surface area contributed by atoms with Crippen LogP contribution in [0.25, 0.3) is 0 Å². The first-order chi connectivity index (χ1) is 12.1. The van der Waals surface area contributed by atoms with Crippen LogP contribution in [0, 0.1) is 13.8 Å². The Hall–Kier alpha value is -2.06. The molecule has 0 aromatic carbocycles. The molecular formula is C17H26N6O2. The molecule has 0 saturated carbocycles. The molecule has 1 aliphatic rings. The molecule has 0 bridgehead atoms. The van der Waals surface area contributed by atoms with E-state index in [0.717, 1.165) is 43.4 Å². The summed E-state index contributed by atoms with van der Waals surface area (Å²) < 4.78 is 10.8. The maximum absolute atomic E-state index is 5.49. The van der Waals surface area contributed by atoms with Crippen LogP contribution in [0.5, 0.6) is 0 Å². The molecule has 0 amide bonds. The number of aromatic nitrogens is 4. The number of hydrogen-bond donors (Lipinski definition) is 0. The lowest BCUT2D eigenvalue weighted by Crippen LogP contribution is -2.46. The molecule has 1 atom stereocenters. The SMILES string of the molecule is CCO[C@H](C)c1noc(CN2CCN(c3ncc(C)c(C)n3)CC2)n1. The Morgan fingerprint density at radius 2 is 1.96 bits per heavy atom. The van der Waals surface area contributed by atoms with E-state index in [9.17, 15) is 0 Å². The Morgan fingerprint density at radius 3 is 2.64 bits per heavy atom. The van der Waals surface area contributed by atoms with E-state index in [4.69, 9.17) is 9.26 Å². The highest BCUT2D eigenvalue weighted by Crippen LogP contribution is 2.16. The molecule has 2 aromatic rings. The van der Waals surface area contributed by atoms with E-state index in [0.29, 0.717) is 24.9 Å². The predicted molar refractivity (Wildman–Crippen MR) is 93.3 cm³/mol. The minimum atomic E-state index is -0.138. The smallest absolute Gasteiger partial charge is 0.240 e. The van der Waals surface area contributed by atoms with Gasteiger partial charge in [-0.2, -0.15) is 4.98 Å². The highest BCUT2D eigenvalue weighted by molar-refractivity contribution is 5.33. The van der Waals surface area contributed by atoms with Gasteiger partial charge < -0.3 is 14.2 Å². The normalized spacial score (nSPS) is 17.0. The van der Waals surface area contributed by atoms with Crippen molar-refractivity contribution in [3.63, 3.8) is 0 Å². The zero-order valence-electron chi connectivity index (χ0n) is 15.4. The van der Waals surface area contributed by atoms with E-state index in [1.54, 1.807) is 0 Å². The van der Waals surface area contributed by atoms with Crippen LogP contribution in [-0.4, -0.2) is 57.8 Å². The topological polar surface area (TPSA) is 80.4 Å². The van der Waals surface area contributed by atoms with Crippen LogP contribution >= 0.6 is 0 Å². The zero-order chi connectivity index (χ0) is 17.8. The summed E-state index contributed by atoms with van der Waals surface area (Å²) >= 11 is 0. The van der Waals surface area contributed by atoms with Crippen molar-refractivity contribution in [1.82, 2.24) is 25.0 Å². The summed E-state index contributed by atoms with van der Waals surface area (Å²) in [7, 11) is 0. The fourth-order valence-electron chi connectivity index (χ4n) is 2.79. The van der Waals surface area contributed by atoms with Gasteiger partial charge in [0.2, 0.25) is 11.8 Å². The Kier molecular flexibility index (Phi) is 5.60. The molecule has 1 aliphatic heterocycles. The van der Waals surface area contributed by atoms with Crippen molar-refractivity contribution in [2.75, 3.05) is 37.7 Å². The van der Waals surface area contributed by atoms with E-state index in [1.807, 2.05) is 33.9 Å². The van der Waals surface area contributed by atoms with Crippen LogP contribution < -0.4 is 4.90 Å². The average molecular weight is 346 g/mol. The third-order valence-electron chi connectivity index (χ3n) is 4.49. The number of ether oxygens (including phenoxy) is 1. The van der Waals surface area contributed by atoms with E-state index in [1.165, 1.54) is 0 Å². The van der Waals surface area contributed by atoms with Gasteiger partial charge in [-0.15, -0.1) is 0 Å². The summed E-state index contributed by atoms with van der Waals surface area (Å²) in [6.45, 7) is 12.8. The molecule has 0 N–H and O–H groups in total. The Balaban J connectivity index is 1.53. The largest absolute Gasteiger partial charge is 0.371 e. The number of rotatable bonds is 6. The molecule has 25 heavy (non-hydrogen) atoms. The van der Waals surface area contributed by atoms with Crippen molar-refractivity contribution < 1.29 is 9.26 Å². The first-order valence-corrected chi connectivity index (χ1v) is 8.78. The van der Waals surface area contributed by atoms with E-state index < -0.39 is 0 Å². The number of piperazine rings is 1. The lowest BCUT2D eigenvalue weighted by Gasteiger charge is -2.34. The molecule has 3 rings (SSSR count). The van der Waals surface area contributed by atoms with E-state index >= 15 is 0 Å². The standard InChI is InChI=1S/C17H26N6O2/c1-5-24-14(4)16-20-15(25-21-16)11-22-6-8-23(9-7-22)17-18-10-12(2)13(3)19-17/h10,14H,5-9,11H2,1-4H3/t14-/m1/s1. The van der Waals surface area contributed by atoms with Crippen molar-refractivity contribution in [3.8, 4) is 0 Å². The quantitative estimate of drug-likeness (QED) is 0.784. The predicted octanol–water partition coefficient (Wildman–Crippen LogP) is 1.90. The summed E-state index contributed by atoms with van der Waals surface area (Å²) in [5.41, 5.74) is 2.16. The highest BCUT2D eigenvalue weighted by atomic mass is 16.5. The molecule has 3 heterocycles. The lowest BCUT2D eigenvalue weighted by atomic mass is 10.3. The third kappa shape index (κ3) is 4.32. The molecule has 0 unspecified atom stereocenters. The summed E-state index contributed by atoms with van der Waals surface area (Å²) in [5, 5.41) is 4.01. The molecule has 8 nitrogen and oxygen atoms in total. The molecule has 0 radical (unpaired) electrons. The average Bonchev–Trinajstić information content (AvgIpc) is 3.07. The Bertz CT molecular complexity index is 696. The Morgan fingerprint density at radius 1 is 1.20 bits per heavy atom. The molecule has 1 fully saturated rings. The number of aryl methyl sites for hydroxylation is 2. The van der Waals surface area contributed by atoms with Gasteiger partial charge in [0.1, 0.15) is 6.10 Å². The second-order valence-electron chi connectivity index (χ2n) is 6.35. The molecule has 2 aromatic heterocycles. The minimum Gasteiger partial charge on any atom is -0.371 e. The number of anilines is 1. The first-order valence-electron chi connectivity index (χ1n) is 8.78. The second kappa shape index (κ2) is 7.88. The van der Waals surface area contributed by atoms with Crippen molar-refractivity contribution in [3.05, 3.63) is 29.2 Å². The maximum atomic E-state index is 5.49. The molecule has 0 spiro atoms. The monoisotopic (exact) mass is 346 g/mol. The first kappa shape index (κ1) is 17.8. The van der Waals surface area contributed by atoms with Gasteiger partial charge in [0.15, 0.2) is 5.82 Å². The van der Waals surface area contributed by atoms with Crippen LogP contribution in [0.1, 0.15) is 42.9 Å². The number of hydrogen-bond acceptors (Lipinski definition) is 8. The molecule has 1 saturated heterocycles. The number of nitrogens with zero attached hydrogens (tertiary/aromatic N) is 6. The van der Waals surface area contributed by atoms with Crippen LogP contribution in [0.2, 0.25) is 0 Å². The van der Waals surface area contributed by atoms with Crippen molar-refractivity contribution >= 4 is 5.95 Å². The van der Waals surface area contributed by atoms with Gasteiger partial charge in [0, 0.05) is 44.7 Å². The van der Waals surface area contributed by atoms with E-state index in [-0.39, 0.29) is 6.10 Å². The van der Waals surface area contributed by atoms with Gasteiger partial charge in [0.25, 0.3) is 0 Å². The van der Waals surface area contributed by atoms with E-state index in [2.05, 4.69) is 29.9 Å². The van der Waals surface area contributed by atoms with Gasteiger partial charge in [-0.3, -0.25) is 4.90 Å². The van der Waals surface area contributed by atoms with Crippen molar-refractivity contribution in [1.29, 1.82) is 0 Å². The molecule has 136 valence electrons. The van der Waals surface area contributed by atoms with Crippen molar-refractivity contribution in [2.24, 2.45) is 0 Å². The fraction of sp³-hybridized carbons (Fsp3) is 0.647. The summed E-state index contributed by atoms with van der Waals surface area (Å²) in [5.74, 6) is 2.06. The van der Waals surface area contributed by atoms with Gasteiger partial charge in [-0.25, -0.2) is 9.97 Å². The summed E-state index contributed by atoms with van der Waals surface area (Å²) in [4.78, 5) is 18.0. The molecular weight excluding hydrogens is 320 g/mol. The van der Waals surface area contributed by atoms with Crippen LogP contribution in [0.3, 0.4) is 0 Å². The minimum absolute atomic E-state index is 0.138. The van der Waals surface area contributed by atoms with Crippen LogP contribution in [0.15, 0.2) is 10.7 Å². The van der Waals surface area contributed by atoms with Gasteiger partial charge in [-0.1, -0.05) is 5.16 Å². The molecule has 0 aliphatic carbocycles. The maximum Gasteiger partial charge on any atom is 0.240 e.